The Labute approximate surface area is 101 Å². The molecular weight excluding hydrogens is 252 g/mol. The number of ether oxygens (including phenoxy) is 2. The van der Waals surface area contributed by atoms with Crippen LogP contribution in [0, 0.1) is 11.3 Å². The zero-order valence-corrected chi connectivity index (χ0v) is 9.50. The number of esters is 1. The van der Waals surface area contributed by atoms with E-state index >= 15 is 0 Å². The van der Waals surface area contributed by atoms with Crippen LogP contribution in [-0.4, -0.2) is 19.7 Å². The molecule has 0 aliphatic carbocycles. The molecular formula is C10H7F2NO3S. The molecule has 0 aliphatic heterocycles. The SMILES string of the molecule is COC(=O)c1cc(S)cc(C#N)c1OC(F)F. The molecule has 1 rings (SSSR count). The van der Waals surface area contributed by atoms with Gasteiger partial charge in [-0.25, -0.2) is 4.79 Å². The summed E-state index contributed by atoms with van der Waals surface area (Å²) in [6.07, 6.45) is 0. The molecule has 0 bridgehead atoms. The summed E-state index contributed by atoms with van der Waals surface area (Å²) in [7, 11) is 1.09. The van der Waals surface area contributed by atoms with Crippen LogP contribution in [0.3, 0.4) is 0 Å². The average Bonchev–Trinajstić information content (AvgIpc) is 2.29. The first kappa shape index (κ1) is 13.3. The van der Waals surface area contributed by atoms with Crippen molar-refractivity contribution in [3.63, 3.8) is 0 Å². The molecule has 0 heterocycles. The molecule has 0 saturated carbocycles. The van der Waals surface area contributed by atoms with Crippen LogP contribution >= 0.6 is 12.6 Å². The molecule has 0 fully saturated rings. The second-order valence-electron chi connectivity index (χ2n) is 2.85. The maximum Gasteiger partial charge on any atom is 0.387 e. The molecule has 90 valence electrons. The van der Waals surface area contributed by atoms with Gasteiger partial charge in [0.05, 0.1) is 12.7 Å². The van der Waals surface area contributed by atoms with Crippen molar-refractivity contribution in [2.75, 3.05) is 7.11 Å². The van der Waals surface area contributed by atoms with E-state index in [0.29, 0.717) is 0 Å². The minimum Gasteiger partial charge on any atom is -0.465 e. The first-order valence-electron chi connectivity index (χ1n) is 4.29. The fourth-order valence-corrected chi connectivity index (χ4v) is 1.43. The molecule has 17 heavy (non-hydrogen) atoms. The molecule has 0 aromatic heterocycles. The number of rotatable bonds is 3. The molecule has 4 nitrogen and oxygen atoms in total. The van der Waals surface area contributed by atoms with Gasteiger partial charge in [-0.15, -0.1) is 12.6 Å². The van der Waals surface area contributed by atoms with Gasteiger partial charge in [0.25, 0.3) is 0 Å². The zero-order chi connectivity index (χ0) is 13.0. The highest BCUT2D eigenvalue weighted by atomic mass is 32.1. The number of alkyl halides is 2. The van der Waals surface area contributed by atoms with Gasteiger partial charge in [0.1, 0.15) is 11.6 Å². The lowest BCUT2D eigenvalue weighted by Gasteiger charge is -2.11. The van der Waals surface area contributed by atoms with Gasteiger partial charge in [0.2, 0.25) is 0 Å². The van der Waals surface area contributed by atoms with Crippen molar-refractivity contribution in [3.8, 4) is 11.8 Å². The number of nitriles is 1. The third-order valence-corrected chi connectivity index (χ3v) is 2.06. The van der Waals surface area contributed by atoms with Gasteiger partial charge in [-0.3, -0.25) is 0 Å². The first-order chi connectivity index (χ1) is 7.99. The zero-order valence-electron chi connectivity index (χ0n) is 8.61. The average molecular weight is 259 g/mol. The van der Waals surface area contributed by atoms with E-state index in [1.165, 1.54) is 12.1 Å². The Balaban J connectivity index is 3.39. The van der Waals surface area contributed by atoms with Gasteiger partial charge >= 0.3 is 12.6 Å². The minimum atomic E-state index is -3.14. The lowest BCUT2D eigenvalue weighted by molar-refractivity contribution is -0.0506. The van der Waals surface area contributed by atoms with E-state index in [2.05, 4.69) is 22.1 Å². The smallest absolute Gasteiger partial charge is 0.387 e. The van der Waals surface area contributed by atoms with Crippen molar-refractivity contribution in [1.82, 2.24) is 0 Å². The quantitative estimate of drug-likeness (QED) is 0.668. The third-order valence-electron chi connectivity index (χ3n) is 1.81. The molecule has 1 aromatic carbocycles. The molecule has 0 radical (unpaired) electrons. The summed E-state index contributed by atoms with van der Waals surface area (Å²) in [5, 5.41) is 8.77. The number of halogens is 2. The first-order valence-corrected chi connectivity index (χ1v) is 4.74. The summed E-state index contributed by atoms with van der Waals surface area (Å²) in [6, 6.07) is 4.05. The van der Waals surface area contributed by atoms with Gasteiger partial charge in [0, 0.05) is 4.90 Å². The number of hydrogen-bond acceptors (Lipinski definition) is 5. The van der Waals surface area contributed by atoms with Gasteiger partial charge < -0.3 is 9.47 Å². The van der Waals surface area contributed by atoms with Crippen molar-refractivity contribution in [1.29, 1.82) is 5.26 Å². The van der Waals surface area contributed by atoms with Gasteiger partial charge in [-0.2, -0.15) is 14.0 Å². The summed E-state index contributed by atoms with van der Waals surface area (Å²) in [4.78, 5) is 11.6. The van der Waals surface area contributed by atoms with E-state index in [9.17, 15) is 13.6 Å². The van der Waals surface area contributed by atoms with Crippen LogP contribution in [0.25, 0.3) is 0 Å². The molecule has 0 amide bonds. The molecule has 0 saturated heterocycles. The Morgan fingerprint density at radius 3 is 2.65 bits per heavy atom. The molecule has 0 aliphatic rings. The maximum atomic E-state index is 12.2. The predicted octanol–water partition coefficient (Wildman–Crippen LogP) is 2.23. The van der Waals surface area contributed by atoms with Crippen molar-refractivity contribution in [3.05, 3.63) is 23.3 Å². The minimum absolute atomic E-state index is 0.210. The van der Waals surface area contributed by atoms with Crippen molar-refractivity contribution in [2.24, 2.45) is 0 Å². The van der Waals surface area contributed by atoms with Crippen molar-refractivity contribution in [2.45, 2.75) is 11.5 Å². The summed E-state index contributed by atoms with van der Waals surface area (Å²) < 4.78 is 32.9. The van der Waals surface area contributed by atoms with E-state index in [-0.39, 0.29) is 16.0 Å². The maximum absolute atomic E-state index is 12.2. The van der Waals surface area contributed by atoms with Crippen LogP contribution in [-0.2, 0) is 4.74 Å². The van der Waals surface area contributed by atoms with Crippen LogP contribution in [0.15, 0.2) is 17.0 Å². The highest BCUT2D eigenvalue weighted by Gasteiger charge is 2.21. The standard InChI is InChI=1S/C10H7F2NO3S/c1-15-9(14)7-3-6(17)2-5(4-13)8(7)16-10(11)12/h2-3,10,17H,1H3. The topological polar surface area (TPSA) is 59.3 Å². The summed E-state index contributed by atoms with van der Waals surface area (Å²) in [5.74, 6) is -1.39. The number of hydrogen-bond donors (Lipinski definition) is 1. The number of carbonyl (C=O) groups is 1. The Morgan fingerprint density at radius 2 is 2.18 bits per heavy atom. The second-order valence-corrected chi connectivity index (χ2v) is 3.37. The number of benzene rings is 1. The summed E-state index contributed by atoms with van der Waals surface area (Å²) >= 11 is 3.95. The summed E-state index contributed by atoms with van der Waals surface area (Å²) in [6.45, 7) is -3.14. The lowest BCUT2D eigenvalue weighted by atomic mass is 10.1. The van der Waals surface area contributed by atoms with E-state index in [1.807, 2.05) is 0 Å². The number of nitrogens with zero attached hydrogens (tertiary/aromatic N) is 1. The van der Waals surface area contributed by atoms with E-state index in [4.69, 9.17) is 5.26 Å². The van der Waals surface area contributed by atoms with Crippen molar-refractivity contribution < 1.29 is 23.0 Å². The van der Waals surface area contributed by atoms with E-state index in [0.717, 1.165) is 7.11 Å². The Hall–Kier alpha value is -1.81. The van der Waals surface area contributed by atoms with Crippen LogP contribution in [0.5, 0.6) is 5.75 Å². The van der Waals surface area contributed by atoms with Gasteiger partial charge in [-0.05, 0) is 12.1 Å². The fraction of sp³-hybridized carbons (Fsp3) is 0.200. The van der Waals surface area contributed by atoms with Crippen molar-refractivity contribution >= 4 is 18.6 Å². The highest BCUT2D eigenvalue weighted by Crippen LogP contribution is 2.29. The van der Waals surface area contributed by atoms with E-state index in [1.54, 1.807) is 6.07 Å². The second kappa shape index (κ2) is 5.50. The molecule has 0 spiro atoms. The van der Waals surface area contributed by atoms with E-state index < -0.39 is 18.3 Å². The Bertz CT molecular complexity index is 485. The predicted molar refractivity (Wildman–Crippen MR) is 56.4 cm³/mol. The fourth-order valence-electron chi connectivity index (χ4n) is 1.17. The normalized spacial score (nSPS) is 9.88. The molecule has 0 atom stereocenters. The molecule has 0 unspecified atom stereocenters. The number of carbonyl (C=O) groups excluding carboxylic acids is 1. The molecule has 1 aromatic rings. The Kier molecular flexibility index (Phi) is 4.29. The summed E-state index contributed by atoms with van der Waals surface area (Å²) in [5.41, 5.74) is -0.477. The van der Waals surface area contributed by atoms with Gasteiger partial charge in [-0.1, -0.05) is 0 Å². The van der Waals surface area contributed by atoms with Crippen LogP contribution in [0.1, 0.15) is 15.9 Å². The monoisotopic (exact) mass is 259 g/mol. The van der Waals surface area contributed by atoms with Crippen LogP contribution in [0.2, 0.25) is 0 Å². The Morgan fingerprint density at radius 1 is 1.53 bits per heavy atom. The molecule has 7 heteroatoms. The number of thiol groups is 1. The largest absolute Gasteiger partial charge is 0.465 e. The van der Waals surface area contributed by atoms with Crippen LogP contribution in [0.4, 0.5) is 8.78 Å². The lowest BCUT2D eigenvalue weighted by Crippen LogP contribution is -2.11. The third kappa shape index (κ3) is 3.07. The van der Waals surface area contributed by atoms with Crippen LogP contribution < -0.4 is 4.74 Å². The molecule has 0 N–H and O–H groups in total. The van der Waals surface area contributed by atoms with Gasteiger partial charge in [0.15, 0.2) is 5.75 Å². The highest BCUT2D eigenvalue weighted by molar-refractivity contribution is 7.80. The number of methoxy groups -OCH3 is 1.